The average Bonchev–Trinajstić information content (AvgIpc) is 2.10. The van der Waals surface area contributed by atoms with Crippen LogP contribution in [0.3, 0.4) is 0 Å². The molecule has 2 heteroatoms. The van der Waals surface area contributed by atoms with Crippen molar-refractivity contribution in [1.29, 1.82) is 0 Å². The summed E-state index contributed by atoms with van der Waals surface area (Å²) >= 11 is 0. The molecule has 0 rings (SSSR count). The largest absolute Gasteiger partial charge is 0.375 e. The minimum absolute atomic E-state index is 0.469. The van der Waals surface area contributed by atoms with Crippen molar-refractivity contribution in [2.24, 2.45) is 5.92 Å². The molecule has 0 radical (unpaired) electrons. The Morgan fingerprint density at radius 3 is 2.21 bits per heavy atom. The zero-order chi connectivity index (χ0) is 11.1. The Bertz CT molecular complexity index is 222. The zero-order valence-electron chi connectivity index (χ0n) is 9.88. The molecule has 80 valence electrons. The van der Waals surface area contributed by atoms with Crippen molar-refractivity contribution in [3.05, 3.63) is 30.7 Å². The quantitative estimate of drug-likeness (QED) is 0.471. The van der Waals surface area contributed by atoms with E-state index in [0.717, 1.165) is 18.7 Å². The van der Waals surface area contributed by atoms with Gasteiger partial charge in [-0.3, -0.25) is 0 Å². The lowest BCUT2D eigenvalue weighted by molar-refractivity contribution is 0.342. The van der Waals surface area contributed by atoms with Gasteiger partial charge in [-0.2, -0.15) is 0 Å². The van der Waals surface area contributed by atoms with Crippen LogP contribution in [0.15, 0.2) is 30.7 Å². The van der Waals surface area contributed by atoms with Gasteiger partial charge in [0.05, 0.1) is 5.70 Å². The van der Waals surface area contributed by atoms with Gasteiger partial charge in [-0.1, -0.05) is 12.7 Å². The van der Waals surface area contributed by atoms with E-state index in [1.54, 1.807) is 0 Å². The summed E-state index contributed by atoms with van der Waals surface area (Å²) in [6, 6.07) is 0. The summed E-state index contributed by atoms with van der Waals surface area (Å²) in [6.07, 6.45) is 2.96. The van der Waals surface area contributed by atoms with Crippen LogP contribution in [0.5, 0.6) is 0 Å². The standard InChI is InChI=1S/C12H22N2/c1-7-11(10-13(3)4)9-12(8-2)14(5)6/h7,11H,1-2,9-10H2,3-6H3. The van der Waals surface area contributed by atoms with E-state index in [1.165, 1.54) is 0 Å². The number of hydrogen-bond acceptors (Lipinski definition) is 2. The summed E-state index contributed by atoms with van der Waals surface area (Å²) in [4.78, 5) is 4.22. The summed E-state index contributed by atoms with van der Waals surface area (Å²) < 4.78 is 0. The van der Waals surface area contributed by atoms with Gasteiger partial charge in [0, 0.05) is 27.1 Å². The molecule has 0 bridgehead atoms. The van der Waals surface area contributed by atoms with Crippen LogP contribution in [0.25, 0.3) is 0 Å². The molecule has 0 saturated carbocycles. The van der Waals surface area contributed by atoms with Crippen LogP contribution in [0.2, 0.25) is 0 Å². The molecule has 2 nitrogen and oxygen atoms in total. The second-order valence-electron chi connectivity index (χ2n) is 3.98. The zero-order valence-corrected chi connectivity index (χ0v) is 9.88. The SMILES string of the molecule is C=C=C(CC(C=C)CN(C)C)N(C)C. The summed E-state index contributed by atoms with van der Waals surface area (Å²) in [5.41, 5.74) is 4.10. The van der Waals surface area contributed by atoms with Crippen LogP contribution in [0, 0.1) is 5.92 Å². The van der Waals surface area contributed by atoms with Crippen molar-refractivity contribution in [3.8, 4) is 0 Å². The molecule has 0 amide bonds. The molecular formula is C12H22N2. The maximum atomic E-state index is 3.85. The lowest BCUT2D eigenvalue weighted by Crippen LogP contribution is -2.23. The predicted octanol–water partition coefficient (Wildman–Crippen LogP) is 1.97. The van der Waals surface area contributed by atoms with E-state index >= 15 is 0 Å². The van der Waals surface area contributed by atoms with Crippen LogP contribution < -0.4 is 0 Å². The molecule has 0 aromatic heterocycles. The van der Waals surface area contributed by atoms with Crippen LogP contribution in [-0.2, 0) is 0 Å². The molecule has 0 spiro atoms. The highest BCUT2D eigenvalue weighted by Gasteiger charge is 2.09. The van der Waals surface area contributed by atoms with Crippen molar-refractivity contribution in [2.45, 2.75) is 6.42 Å². The van der Waals surface area contributed by atoms with Gasteiger partial charge < -0.3 is 9.80 Å². The Hall–Kier alpha value is -0.980. The highest BCUT2D eigenvalue weighted by Crippen LogP contribution is 2.14. The fourth-order valence-corrected chi connectivity index (χ4v) is 1.35. The number of nitrogens with zero attached hydrogens (tertiary/aromatic N) is 2. The third kappa shape index (κ3) is 4.90. The highest BCUT2D eigenvalue weighted by molar-refractivity contribution is 5.01. The topological polar surface area (TPSA) is 6.48 Å². The first kappa shape index (κ1) is 13.0. The molecule has 0 heterocycles. The molecule has 0 aliphatic rings. The Morgan fingerprint density at radius 1 is 1.36 bits per heavy atom. The van der Waals surface area contributed by atoms with Crippen LogP contribution in [-0.4, -0.2) is 44.5 Å². The third-order valence-corrected chi connectivity index (χ3v) is 2.13. The van der Waals surface area contributed by atoms with Gasteiger partial charge >= 0.3 is 0 Å². The second-order valence-corrected chi connectivity index (χ2v) is 3.98. The lowest BCUT2D eigenvalue weighted by atomic mass is 10.0. The number of allylic oxidation sites excluding steroid dienone is 1. The normalized spacial score (nSPS) is 12.1. The Morgan fingerprint density at radius 2 is 1.93 bits per heavy atom. The van der Waals surface area contributed by atoms with Crippen LogP contribution in [0.1, 0.15) is 6.42 Å². The molecule has 0 saturated heterocycles. The van der Waals surface area contributed by atoms with Crippen molar-refractivity contribution < 1.29 is 0 Å². The van der Waals surface area contributed by atoms with Gasteiger partial charge in [0.15, 0.2) is 0 Å². The molecule has 0 aromatic rings. The molecule has 14 heavy (non-hydrogen) atoms. The minimum Gasteiger partial charge on any atom is -0.375 e. The molecule has 1 atom stereocenters. The van der Waals surface area contributed by atoms with E-state index in [2.05, 4.69) is 42.8 Å². The molecular weight excluding hydrogens is 172 g/mol. The molecule has 0 aliphatic heterocycles. The van der Waals surface area contributed by atoms with E-state index in [1.807, 2.05) is 20.2 Å². The summed E-state index contributed by atoms with van der Waals surface area (Å²) in [6.45, 7) is 8.57. The van der Waals surface area contributed by atoms with E-state index in [9.17, 15) is 0 Å². The van der Waals surface area contributed by atoms with Gasteiger partial charge in [-0.05, 0) is 20.0 Å². The van der Waals surface area contributed by atoms with Gasteiger partial charge in [0.2, 0.25) is 0 Å². The van der Waals surface area contributed by atoms with Gasteiger partial charge in [-0.25, -0.2) is 0 Å². The van der Waals surface area contributed by atoms with Gasteiger partial charge in [0.25, 0.3) is 0 Å². The van der Waals surface area contributed by atoms with Crippen molar-refractivity contribution in [2.75, 3.05) is 34.7 Å². The number of rotatable bonds is 6. The Labute approximate surface area is 88.2 Å². The second kappa shape index (κ2) is 6.47. The first-order chi connectivity index (χ1) is 6.51. The Balaban J connectivity index is 4.30. The monoisotopic (exact) mass is 194 g/mol. The van der Waals surface area contributed by atoms with Crippen molar-refractivity contribution >= 4 is 0 Å². The van der Waals surface area contributed by atoms with Crippen molar-refractivity contribution in [3.63, 3.8) is 0 Å². The molecule has 0 aliphatic carbocycles. The van der Waals surface area contributed by atoms with Crippen molar-refractivity contribution in [1.82, 2.24) is 9.80 Å². The maximum Gasteiger partial charge on any atom is 0.0559 e. The summed E-state index contributed by atoms with van der Waals surface area (Å²) in [5.74, 6) is 0.469. The first-order valence-electron chi connectivity index (χ1n) is 4.84. The first-order valence-corrected chi connectivity index (χ1v) is 4.84. The molecule has 0 aromatic carbocycles. The van der Waals surface area contributed by atoms with E-state index in [4.69, 9.17) is 0 Å². The van der Waals surface area contributed by atoms with Gasteiger partial charge in [0.1, 0.15) is 0 Å². The smallest absolute Gasteiger partial charge is 0.0559 e. The lowest BCUT2D eigenvalue weighted by Gasteiger charge is -2.21. The fraction of sp³-hybridized carbons (Fsp3) is 0.583. The van der Waals surface area contributed by atoms with E-state index in [0.29, 0.717) is 5.92 Å². The average molecular weight is 194 g/mol. The van der Waals surface area contributed by atoms with E-state index in [-0.39, 0.29) is 0 Å². The molecule has 0 N–H and O–H groups in total. The molecule has 0 fully saturated rings. The highest BCUT2D eigenvalue weighted by atomic mass is 15.1. The minimum atomic E-state index is 0.469. The third-order valence-electron chi connectivity index (χ3n) is 2.13. The van der Waals surface area contributed by atoms with E-state index < -0.39 is 0 Å². The fourth-order valence-electron chi connectivity index (χ4n) is 1.35. The Kier molecular flexibility index (Phi) is 6.02. The molecule has 1 unspecified atom stereocenters. The van der Waals surface area contributed by atoms with Crippen LogP contribution >= 0.6 is 0 Å². The maximum absolute atomic E-state index is 3.85. The van der Waals surface area contributed by atoms with Crippen LogP contribution in [0.4, 0.5) is 0 Å². The van der Waals surface area contributed by atoms with Gasteiger partial charge in [-0.15, -0.1) is 12.3 Å². The number of hydrogen-bond donors (Lipinski definition) is 0. The summed E-state index contributed by atoms with van der Waals surface area (Å²) in [5, 5.41) is 0. The summed E-state index contributed by atoms with van der Waals surface area (Å²) in [7, 11) is 8.18. The predicted molar refractivity (Wildman–Crippen MR) is 63.2 cm³/mol.